The van der Waals surface area contributed by atoms with Gasteiger partial charge in [-0.15, -0.1) is 0 Å². The maximum Gasteiger partial charge on any atom is 0.225 e. The molecule has 27 heavy (non-hydrogen) atoms. The predicted octanol–water partition coefficient (Wildman–Crippen LogP) is 3.83. The van der Waals surface area contributed by atoms with E-state index in [1.807, 2.05) is 24.3 Å². The Morgan fingerprint density at radius 3 is 2.11 bits per heavy atom. The van der Waals surface area contributed by atoms with E-state index in [0.29, 0.717) is 18.5 Å². The van der Waals surface area contributed by atoms with Gasteiger partial charge in [-0.3, -0.25) is 9.59 Å². The fourth-order valence-corrected chi connectivity index (χ4v) is 4.19. The van der Waals surface area contributed by atoms with Gasteiger partial charge in [0, 0.05) is 19.0 Å². The van der Waals surface area contributed by atoms with Crippen molar-refractivity contribution in [2.45, 2.75) is 76.9 Å². The van der Waals surface area contributed by atoms with Crippen molar-refractivity contribution < 1.29 is 14.3 Å². The molecule has 3 rings (SSSR count). The first-order valence-corrected chi connectivity index (χ1v) is 10.2. The Balaban J connectivity index is 1.72. The van der Waals surface area contributed by atoms with E-state index in [1.165, 1.54) is 19.8 Å². The Morgan fingerprint density at radius 1 is 1.07 bits per heavy atom. The highest BCUT2D eigenvalue weighted by molar-refractivity contribution is 5.80. The van der Waals surface area contributed by atoms with Crippen molar-refractivity contribution in [3.8, 4) is 5.75 Å². The van der Waals surface area contributed by atoms with E-state index in [0.717, 1.165) is 42.9 Å². The summed E-state index contributed by atoms with van der Waals surface area (Å²) in [6, 6.07) is 8.07. The fraction of sp³-hybridized carbons (Fsp3) is 0.636. The van der Waals surface area contributed by atoms with Crippen molar-refractivity contribution in [3.63, 3.8) is 0 Å². The van der Waals surface area contributed by atoms with Gasteiger partial charge in [-0.1, -0.05) is 19.1 Å². The monoisotopic (exact) mass is 372 g/mol. The van der Waals surface area contributed by atoms with E-state index in [4.69, 9.17) is 4.74 Å². The highest BCUT2D eigenvalue weighted by Gasteiger charge is 2.39. The molecule has 1 N–H and O–H groups in total. The van der Waals surface area contributed by atoms with Crippen LogP contribution in [0.5, 0.6) is 5.75 Å². The molecule has 148 valence electrons. The molecule has 1 aromatic carbocycles. The minimum absolute atomic E-state index is 0.118. The van der Waals surface area contributed by atoms with Crippen LogP contribution in [0.15, 0.2) is 24.3 Å². The molecule has 5 nitrogen and oxygen atoms in total. The number of ether oxygens (including phenoxy) is 1. The lowest BCUT2D eigenvalue weighted by Gasteiger charge is -2.37. The quantitative estimate of drug-likeness (QED) is 0.791. The molecule has 0 bridgehead atoms. The van der Waals surface area contributed by atoms with Crippen LogP contribution in [0.1, 0.15) is 70.4 Å². The molecule has 2 aliphatic rings. The topological polar surface area (TPSA) is 58.6 Å². The van der Waals surface area contributed by atoms with Gasteiger partial charge < -0.3 is 15.0 Å². The molecule has 2 fully saturated rings. The van der Waals surface area contributed by atoms with Crippen LogP contribution in [0.3, 0.4) is 0 Å². The van der Waals surface area contributed by atoms with Crippen LogP contribution in [0, 0.1) is 5.92 Å². The molecule has 1 aromatic rings. The molecule has 5 heteroatoms. The standard InChI is InChI=1S/C22H32N2O3/c1-15-4-8-18(9-5-15)24(19-10-11-19)22(26)14-21(23-16(2)25)17-6-12-20(27-3)13-7-17/h6-7,12-13,15,18-19,21H,4-5,8-11,14H2,1-3H3,(H,23,25). The van der Waals surface area contributed by atoms with Gasteiger partial charge >= 0.3 is 0 Å². The second-order valence-electron chi connectivity index (χ2n) is 8.18. The molecular weight excluding hydrogens is 340 g/mol. The van der Waals surface area contributed by atoms with E-state index in [1.54, 1.807) is 7.11 Å². The first-order chi connectivity index (χ1) is 13.0. The van der Waals surface area contributed by atoms with Crippen LogP contribution in [-0.4, -0.2) is 35.9 Å². The molecule has 2 saturated carbocycles. The molecule has 1 atom stereocenters. The average Bonchev–Trinajstić information content (AvgIpc) is 3.48. The average molecular weight is 373 g/mol. The minimum Gasteiger partial charge on any atom is -0.497 e. The van der Waals surface area contributed by atoms with Crippen molar-refractivity contribution in [2.75, 3.05) is 7.11 Å². The minimum atomic E-state index is -0.301. The summed E-state index contributed by atoms with van der Waals surface area (Å²) in [7, 11) is 1.63. The number of benzene rings is 1. The summed E-state index contributed by atoms with van der Waals surface area (Å²) in [5.74, 6) is 1.59. The number of nitrogens with zero attached hydrogens (tertiary/aromatic N) is 1. The zero-order chi connectivity index (χ0) is 19.4. The molecule has 0 spiro atoms. The lowest BCUT2D eigenvalue weighted by Crippen LogP contribution is -2.45. The number of nitrogens with one attached hydrogen (secondary N) is 1. The summed E-state index contributed by atoms with van der Waals surface area (Å²) in [5, 5.41) is 2.96. The van der Waals surface area contributed by atoms with Gasteiger partial charge in [0.2, 0.25) is 11.8 Å². The summed E-state index contributed by atoms with van der Waals surface area (Å²) in [5.41, 5.74) is 0.937. The third-order valence-electron chi connectivity index (χ3n) is 5.88. The van der Waals surface area contributed by atoms with Crippen LogP contribution < -0.4 is 10.1 Å². The molecule has 0 saturated heterocycles. The van der Waals surface area contributed by atoms with E-state index < -0.39 is 0 Å². The van der Waals surface area contributed by atoms with Crippen LogP contribution >= 0.6 is 0 Å². The number of carbonyl (C=O) groups is 2. The van der Waals surface area contributed by atoms with Crippen molar-refractivity contribution in [1.82, 2.24) is 10.2 Å². The molecule has 2 amide bonds. The van der Waals surface area contributed by atoms with Crippen molar-refractivity contribution in [3.05, 3.63) is 29.8 Å². The molecule has 0 aromatic heterocycles. The van der Waals surface area contributed by atoms with Crippen LogP contribution in [-0.2, 0) is 9.59 Å². The largest absolute Gasteiger partial charge is 0.497 e. The first-order valence-electron chi connectivity index (χ1n) is 10.2. The van der Waals surface area contributed by atoms with Crippen molar-refractivity contribution >= 4 is 11.8 Å². The second kappa shape index (κ2) is 8.77. The Labute approximate surface area is 162 Å². The first kappa shape index (κ1) is 19.7. The van der Waals surface area contributed by atoms with Crippen LogP contribution in [0.4, 0.5) is 0 Å². The Hall–Kier alpha value is -2.04. The van der Waals surface area contributed by atoms with Crippen molar-refractivity contribution in [1.29, 1.82) is 0 Å². The van der Waals surface area contributed by atoms with E-state index in [-0.39, 0.29) is 17.9 Å². The normalized spacial score (nSPS) is 23.4. The number of hydrogen-bond acceptors (Lipinski definition) is 3. The Bertz CT molecular complexity index is 646. The third kappa shape index (κ3) is 5.24. The van der Waals surface area contributed by atoms with Gasteiger partial charge in [-0.25, -0.2) is 0 Å². The third-order valence-corrected chi connectivity index (χ3v) is 5.88. The Kier molecular flexibility index (Phi) is 6.40. The molecule has 1 unspecified atom stereocenters. The number of methoxy groups -OCH3 is 1. The molecule has 2 aliphatic carbocycles. The van der Waals surface area contributed by atoms with Gasteiger partial charge in [-0.05, 0) is 62.1 Å². The lowest BCUT2D eigenvalue weighted by atomic mass is 9.86. The molecule has 0 heterocycles. The van der Waals surface area contributed by atoms with E-state index in [2.05, 4.69) is 17.1 Å². The van der Waals surface area contributed by atoms with Gasteiger partial charge in [-0.2, -0.15) is 0 Å². The lowest BCUT2D eigenvalue weighted by molar-refractivity contribution is -0.135. The van der Waals surface area contributed by atoms with Crippen LogP contribution in [0.25, 0.3) is 0 Å². The highest BCUT2D eigenvalue weighted by Crippen LogP contribution is 2.36. The maximum absolute atomic E-state index is 13.2. The highest BCUT2D eigenvalue weighted by atomic mass is 16.5. The van der Waals surface area contributed by atoms with Gasteiger partial charge in [0.25, 0.3) is 0 Å². The summed E-state index contributed by atoms with van der Waals surface area (Å²) in [4.78, 5) is 27.1. The number of hydrogen-bond donors (Lipinski definition) is 1. The maximum atomic E-state index is 13.2. The SMILES string of the molecule is COc1ccc(C(CC(=O)N(C2CCC(C)CC2)C2CC2)NC(C)=O)cc1. The molecule has 0 aliphatic heterocycles. The second-order valence-corrected chi connectivity index (χ2v) is 8.18. The van der Waals surface area contributed by atoms with Crippen molar-refractivity contribution in [2.24, 2.45) is 5.92 Å². The summed E-state index contributed by atoms with van der Waals surface area (Å²) in [6.07, 6.45) is 7.17. The van der Waals surface area contributed by atoms with Gasteiger partial charge in [0.1, 0.15) is 5.75 Å². The number of carbonyl (C=O) groups excluding carboxylic acids is 2. The van der Waals surface area contributed by atoms with Crippen LogP contribution in [0.2, 0.25) is 0 Å². The van der Waals surface area contributed by atoms with Gasteiger partial charge in [0.05, 0.1) is 19.6 Å². The van der Waals surface area contributed by atoms with Gasteiger partial charge in [0.15, 0.2) is 0 Å². The number of rotatable bonds is 7. The van der Waals surface area contributed by atoms with E-state index >= 15 is 0 Å². The summed E-state index contributed by atoms with van der Waals surface area (Å²) >= 11 is 0. The summed E-state index contributed by atoms with van der Waals surface area (Å²) < 4.78 is 5.21. The summed E-state index contributed by atoms with van der Waals surface area (Å²) in [6.45, 7) is 3.80. The fourth-order valence-electron chi connectivity index (χ4n) is 4.19. The number of amides is 2. The molecule has 0 radical (unpaired) electrons. The predicted molar refractivity (Wildman–Crippen MR) is 105 cm³/mol. The smallest absolute Gasteiger partial charge is 0.225 e. The zero-order valence-electron chi connectivity index (χ0n) is 16.7. The molecular formula is C22H32N2O3. The Morgan fingerprint density at radius 2 is 1.63 bits per heavy atom. The van der Waals surface area contributed by atoms with E-state index in [9.17, 15) is 9.59 Å². The zero-order valence-corrected chi connectivity index (χ0v) is 16.7.